The first-order chi connectivity index (χ1) is 9.67. The van der Waals surface area contributed by atoms with Crippen molar-refractivity contribution in [3.63, 3.8) is 0 Å². The van der Waals surface area contributed by atoms with Crippen molar-refractivity contribution in [3.05, 3.63) is 54.4 Å². The highest BCUT2D eigenvalue weighted by molar-refractivity contribution is 7.89. The molecule has 0 amide bonds. The summed E-state index contributed by atoms with van der Waals surface area (Å²) >= 11 is 0. The van der Waals surface area contributed by atoms with Crippen LogP contribution in [0.3, 0.4) is 0 Å². The van der Waals surface area contributed by atoms with Gasteiger partial charge >= 0.3 is 0 Å². The van der Waals surface area contributed by atoms with Gasteiger partial charge in [0.1, 0.15) is 0 Å². The summed E-state index contributed by atoms with van der Waals surface area (Å²) < 4.78 is 26.5. The van der Waals surface area contributed by atoms with Gasteiger partial charge in [-0.05, 0) is 17.7 Å². The standard InChI is InChI=1S/C13H12N4O2S/c18-20(19,12-6-8-15-17-12)16-9-11-4-1-3-10-5-2-7-14-13(10)11/h1-8,16H,9H2,(H,15,17). The van der Waals surface area contributed by atoms with Gasteiger partial charge in [0.15, 0.2) is 5.03 Å². The second-order valence-electron chi connectivity index (χ2n) is 4.24. The molecule has 0 unspecified atom stereocenters. The fraction of sp³-hybridized carbons (Fsp3) is 0.0769. The number of H-pyrrole nitrogens is 1. The Morgan fingerprint density at radius 3 is 2.75 bits per heavy atom. The van der Waals surface area contributed by atoms with Gasteiger partial charge in [-0.15, -0.1) is 0 Å². The highest BCUT2D eigenvalue weighted by atomic mass is 32.2. The maximum Gasteiger partial charge on any atom is 0.257 e. The summed E-state index contributed by atoms with van der Waals surface area (Å²) in [6.07, 6.45) is 3.09. The minimum atomic E-state index is -3.58. The predicted octanol–water partition coefficient (Wildman–Crippen LogP) is 1.44. The zero-order chi connectivity index (χ0) is 14.0. The fourth-order valence-electron chi connectivity index (χ4n) is 1.95. The molecule has 0 spiro atoms. The molecule has 0 atom stereocenters. The number of aromatic amines is 1. The second kappa shape index (κ2) is 5.03. The Morgan fingerprint density at radius 1 is 1.10 bits per heavy atom. The quantitative estimate of drug-likeness (QED) is 0.760. The summed E-state index contributed by atoms with van der Waals surface area (Å²) in [5, 5.41) is 7.10. The number of benzene rings is 1. The summed E-state index contributed by atoms with van der Waals surface area (Å²) in [5.41, 5.74) is 1.62. The molecule has 2 heterocycles. The van der Waals surface area contributed by atoms with Crippen LogP contribution in [-0.4, -0.2) is 23.6 Å². The maximum absolute atomic E-state index is 12.0. The molecule has 2 aromatic heterocycles. The van der Waals surface area contributed by atoms with Gasteiger partial charge < -0.3 is 0 Å². The van der Waals surface area contributed by atoms with E-state index in [1.807, 2.05) is 30.3 Å². The molecule has 1 aromatic carbocycles. The van der Waals surface area contributed by atoms with Crippen molar-refractivity contribution in [2.24, 2.45) is 0 Å². The minimum Gasteiger partial charge on any atom is -0.266 e. The maximum atomic E-state index is 12.0. The van der Waals surface area contributed by atoms with Crippen molar-refractivity contribution < 1.29 is 8.42 Å². The second-order valence-corrected chi connectivity index (χ2v) is 5.97. The minimum absolute atomic E-state index is 0.0469. The Balaban J connectivity index is 1.88. The van der Waals surface area contributed by atoms with Crippen molar-refractivity contribution in [1.82, 2.24) is 19.9 Å². The zero-order valence-corrected chi connectivity index (χ0v) is 11.3. The molecule has 7 heteroatoms. The van der Waals surface area contributed by atoms with Gasteiger partial charge in [0.2, 0.25) is 0 Å². The van der Waals surface area contributed by atoms with Crippen LogP contribution in [0.1, 0.15) is 5.56 Å². The summed E-state index contributed by atoms with van der Waals surface area (Å²) in [6.45, 7) is 0.176. The van der Waals surface area contributed by atoms with Crippen molar-refractivity contribution >= 4 is 20.9 Å². The number of nitrogens with one attached hydrogen (secondary N) is 2. The molecule has 0 radical (unpaired) electrons. The molecule has 0 bridgehead atoms. The smallest absolute Gasteiger partial charge is 0.257 e. The average Bonchev–Trinajstić information content (AvgIpc) is 3.00. The van der Waals surface area contributed by atoms with E-state index in [-0.39, 0.29) is 11.6 Å². The van der Waals surface area contributed by atoms with Crippen LogP contribution < -0.4 is 4.72 Å². The Bertz CT molecular complexity index is 823. The number of hydrogen-bond acceptors (Lipinski definition) is 4. The monoisotopic (exact) mass is 288 g/mol. The number of fused-ring (bicyclic) bond motifs is 1. The fourth-order valence-corrected chi connectivity index (χ4v) is 2.87. The number of rotatable bonds is 4. The molecule has 3 rings (SSSR count). The number of sulfonamides is 1. The van der Waals surface area contributed by atoms with Gasteiger partial charge in [0.25, 0.3) is 10.0 Å². The van der Waals surface area contributed by atoms with Crippen LogP contribution in [0.4, 0.5) is 0 Å². The lowest BCUT2D eigenvalue weighted by molar-refractivity contribution is 0.577. The van der Waals surface area contributed by atoms with Crippen LogP contribution in [-0.2, 0) is 16.6 Å². The van der Waals surface area contributed by atoms with Crippen LogP contribution in [0.5, 0.6) is 0 Å². The van der Waals surface area contributed by atoms with Crippen molar-refractivity contribution in [3.8, 4) is 0 Å². The number of nitrogens with zero attached hydrogens (tertiary/aromatic N) is 2. The Kier molecular flexibility index (Phi) is 3.21. The van der Waals surface area contributed by atoms with Crippen molar-refractivity contribution in [2.75, 3.05) is 0 Å². The van der Waals surface area contributed by atoms with Crippen LogP contribution in [0.15, 0.2) is 53.8 Å². The van der Waals surface area contributed by atoms with Gasteiger partial charge in [-0.2, -0.15) is 5.10 Å². The van der Waals surface area contributed by atoms with E-state index in [2.05, 4.69) is 19.9 Å². The van der Waals surface area contributed by atoms with Crippen LogP contribution in [0, 0.1) is 0 Å². The molecule has 3 aromatic rings. The molecular formula is C13H12N4O2S. The van der Waals surface area contributed by atoms with Gasteiger partial charge in [-0.3, -0.25) is 10.1 Å². The van der Waals surface area contributed by atoms with Gasteiger partial charge in [-0.1, -0.05) is 24.3 Å². The molecule has 6 nitrogen and oxygen atoms in total. The van der Waals surface area contributed by atoms with E-state index in [1.54, 1.807) is 6.20 Å². The highest BCUT2D eigenvalue weighted by Gasteiger charge is 2.15. The molecule has 2 N–H and O–H groups in total. The number of pyridine rings is 1. The van der Waals surface area contributed by atoms with Gasteiger partial charge in [0, 0.05) is 18.1 Å². The van der Waals surface area contributed by atoms with Crippen LogP contribution in [0.25, 0.3) is 10.9 Å². The van der Waals surface area contributed by atoms with E-state index in [0.717, 1.165) is 16.5 Å². The average molecular weight is 288 g/mol. The Morgan fingerprint density at radius 2 is 1.95 bits per heavy atom. The van der Waals surface area contributed by atoms with Crippen molar-refractivity contribution in [2.45, 2.75) is 11.6 Å². The van der Waals surface area contributed by atoms with E-state index in [1.165, 1.54) is 12.3 Å². The first kappa shape index (κ1) is 12.8. The Hall–Kier alpha value is -2.25. The molecule has 0 aliphatic rings. The van der Waals surface area contributed by atoms with E-state index in [9.17, 15) is 8.42 Å². The van der Waals surface area contributed by atoms with E-state index >= 15 is 0 Å². The lowest BCUT2D eigenvalue weighted by Gasteiger charge is -2.07. The molecular weight excluding hydrogens is 276 g/mol. The van der Waals surface area contributed by atoms with E-state index < -0.39 is 10.0 Å². The number of hydrogen-bond donors (Lipinski definition) is 2. The Labute approximate surface area is 115 Å². The third-order valence-electron chi connectivity index (χ3n) is 2.93. The number of aromatic nitrogens is 3. The first-order valence-corrected chi connectivity index (χ1v) is 7.47. The summed E-state index contributed by atoms with van der Waals surface area (Å²) in [4.78, 5) is 4.29. The topological polar surface area (TPSA) is 87.7 Å². The summed E-state index contributed by atoms with van der Waals surface area (Å²) in [7, 11) is -3.58. The summed E-state index contributed by atoms with van der Waals surface area (Å²) in [6, 6.07) is 10.9. The van der Waals surface area contributed by atoms with Gasteiger partial charge in [0.05, 0.1) is 11.7 Å². The lowest BCUT2D eigenvalue weighted by Crippen LogP contribution is -2.23. The molecule has 0 fully saturated rings. The van der Waals surface area contributed by atoms with E-state index in [0.29, 0.717) is 0 Å². The SMILES string of the molecule is O=S(=O)(NCc1cccc2cccnc12)c1ccn[nH]1. The third-order valence-corrected chi connectivity index (χ3v) is 4.26. The third kappa shape index (κ3) is 2.40. The lowest BCUT2D eigenvalue weighted by atomic mass is 10.1. The molecule has 0 aliphatic heterocycles. The molecule has 102 valence electrons. The first-order valence-electron chi connectivity index (χ1n) is 5.98. The molecule has 0 saturated heterocycles. The van der Waals surface area contributed by atoms with Crippen LogP contribution in [0.2, 0.25) is 0 Å². The number of para-hydroxylation sites is 1. The van der Waals surface area contributed by atoms with E-state index in [4.69, 9.17) is 0 Å². The zero-order valence-electron chi connectivity index (χ0n) is 10.4. The molecule has 20 heavy (non-hydrogen) atoms. The van der Waals surface area contributed by atoms with Crippen LogP contribution >= 0.6 is 0 Å². The van der Waals surface area contributed by atoms with Gasteiger partial charge in [-0.25, -0.2) is 13.1 Å². The normalized spacial score (nSPS) is 11.8. The highest BCUT2D eigenvalue weighted by Crippen LogP contribution is 2.16. The van der Waals surface area contributed by atoms with Crippen molar-refractivity contribution in [1.29, 1.82) is 0 Å². The molecule has 0 aliphatic carbocycles. The summed E-state index contributed by atoms with van der Waals surface area (Å²) in [5.74, 6) is 0. The largest absolute Gasteiger partial charge is 0.266 e. The molecule has 0 saturated carbocycles. The predicted molar refractivity (Wildman–Crippen MR) is 74.4 cm³/mol.